The van der Waals surface area contributed by atoms with Crippen molar-refractivity contribution < 1.29 is 9.84 Å². The molecule has 0 bridgehead atoms. The molecular formula is C16H26N2O2. The van der Waals surface area contributed by atoms with E-state index in [1.165, 1.54) is 25.7 Å². The summed E-state index contributed by atoms with van der Waals surface area (Å²) in [5, 5.41) is 10.1. The second kappa shape index (κ2) is 8.25. The van der Waals surface area contributed by atoms with Crippen molar-refractivity contribution in [1.82, 2.24) is 4.90 Å². The molecule has 1 aromatic rings. The SMILES string of the molecule is NCc1ccc(OCC(O)CN2CCCCCC2)cc1. The van der Waals surface area contributed by atoms with Gasteiger partial charge in [0.1, 0.15) is 18.5 Å². The highest BCUT2D eigenvalue weighted by atomic mass is 16.5. The van der Waals surface area contributed by atoms with Gasteiger partial charge in [-0.25, -0.2) is 0 Å². The van der Waals surface area contributed by atoms with E-state index in [-0.39, 0.29) is 0 Å². The molecule has 0 radical (unpaired) electrons. The number of aliphatic hydroxyl groups excluding tert-OH is 1. The molecule has 2 rings (SSSR count). The Labute approximate surface area is 121 Å². The molecule has 4 heteroatoms. The van der Waals surface area contributed by atoms with Gasteiger partial charge in [-0.15, -0.1) is 0 Å². The maximum Gasteiger partial charge on any atom is 0.119 e. The largest absolute Gasteiger partial charge is 0.491 e. The van der Waals surface area contributed by atoms with Crippen LogP contribution in [-0.2, 0) is 6.54 Å². The predicted molar refractivity (Wildman–Crippen MR) is 80.7 cm³/mol. The predicted octanol–water partition coefficient (Wildman–Crippen LogP) is 1.76. The standard InChI is InChI=1S/C16H26N2O2/c17-11-14-5-7-16(8-6-14)20-13-15(19)12-18-9-3-1-2-4-10-18/h5-8,15,19H,1-4,9-13,17H2. The molecule has 1 unspecified atom stereocenters. The minimum Gasteiger partial charge on any atom is -0.491 e. The molecule has 1 heterocycles. The van der Waals surface area contributed by atoms with Crippen LogP contribution in [-0.4, -0.2) is 42.4 Å². The Bertz CT molecular complexity index is 373. The molecule has 1 aliphatic rings. The smallest absolute Gasteiger partial charge is 0.119 e. The average molecular weight is 278 g/mol. The van der Waals surface area contributed by atoms with Crippen LogP contribution in [0.2, 0.25) is 0 Å². The summed E-state index contributed by atoms with van der Waals surface area (Å²) in [4.78, 5) is 2.35. The van der Waals surface area contributed by atoms with Gasteiger partial charge in [0.05, 0.1) is 0 Å². The van der Waals surface area contributed by atoms with Gasteiger partial charge in [-0.2, -0.15) is 0 Å². The van der Waals surface area contributed by atoms with Crippen LogP contribution >= 0.6 is 0 Å². The Kier molecular flexibility index (Phi) is 6.30. The van der Waals surface area contributed by atoms with E-state index in [9.17, 15) is 5.11 Å². The summed E-state index contributed by atoms with van der Waals surface area (Å²) in [5.41, 5.74) is 6.64. The van der Waals surface area contributed by atoms with Gasteiger partial charge >= 0.3 is 0 Å². The molecule has 3 N–H and O–H groups in total. The van der Waals surface area contributed by atoms with E-state index in [1.807, 2.05) is 24.3 Å². The lowest BCUT2D eigenvalue weighted by Crippen LogP contribution is -2.36. The van der Waals surface area contributed by atoms with Crippen molar-refractivity contribution in [2.75, 3.05) is 26.2 Å². The number of aliphatic hydroxyl groups is 1. The lowest BCUT2D eigenvalue weighted by molar-refractivity contribution is 0.0693. The van der Waals surface area contributed by atoms with Gasteiger partial charge in [0, 0.05) is 13.1 Å². The Morgan fingerprint density at radius 1 is 1.10 bits per heavy atom. The molecular weight excluding hydrogens is 252 g/mol. The van der Waals surface area contributed by atoms with Gasteiger partial charge in [0.25, 0.3) is 0 Å². The highest BCUT2D eigenvalue weighted by molar-refractivity contribution is 5.27. The Balaban J connectivity index is 1.71. The van der Waals surface area contributed by atoms with Crippen molar-refractivity contribution in [2.24, 2.45) is 5.73 Å². The molecule has 1 fully saturated rings. The first kappa shape index (κ1) is 15.3. The molecule has 1 atom stereocenters. The number of rotatable bonds is 6. The molecule has 0 aliphatic carbocycles. The molecule has 0 amide bonds. The number of benzene rings is 1. The molecule has 1 aromatic carbocycles. The Morgan fingerprint density at radius 3 is 2.35 bits per heavy atom. The third kappa shape index (κ3) is 5.12. The van der Waals surface area contributed by atoms with Gasteiger partial charge in [-0.1, -0.05) is 25.0 Å². The molecule has 20 heavy (non-hydrogen) atoms. The Morgan fingerprint density at radius 2 is 1.75 bits per heavy atom. The normalized spacial score (nSPS) is 18.5. The van der Waals surface area contributed by atoms with E-state index in [2.05, 4.69) is 4.90 Å². The summed E-state index contributed by atoms with van der Waals surface area (Å²) >= 11 is 0. The van der Waals surface area contributed by atoms with Crippen LogP contribution in [0.25, 0.3) is 0 Å². The molecule has 1 aliphatic heterocycles. The first-order valence-electron chi connectivity index (χ1n) is 7.60. The van der Waals surface area contributed by atoms with Crippen molar-refractivity contribution in [2.45, 2.75) is 38.3 Å². The summed E-state index contributed by atoms with van der Waals surface area (Å²) in [6.45, 7) is 3.79. The van der Waals surface area contributed by atoms with E-state index in [0.717, 1.165) is 24.4 Å². The lowest BCUT2D eigenvalue weighted by Gasteiger charge is -2.23. The quantitative estimate of drug-likeness (QED) is 0.832. The van der Waals surface area contributed by atoms with E-state index >= 15 is 0 Å². The maximum absolute atomic E-state index is 10.1. The first-order valence-corrected chi connectivity index (χ1v) is 7.60. The zero-order chi connectivity index (χ0) is 14.2. The Hall–Kier alpha value is -1.10. The zero-order valence-electron chi connectivity index (χ0n) is 12.1. The molecule has 4 nitrogen and oxygen atoms in total. The van der Waals surface area contributed by atoms with Gasteiger partial charge < -0.3 is 20.5 Å². The van der Waals surface area contributed by atoms with Crippen molar-refractivity contribution in [1.29, 1.82) is 0 Å². The van der Waals surface area contributed by atoms with Crippen LogP contribution in [0.5, 0.6) is 5.75 Å². The first-order chi connectivity index (χ1) is 9.78. The van der Waals surface area contributed by atoms with E-state index in [0.29, 0.717) is 19.7 Å². The van der Waals surface area contributed by atoms with Gasteiger partial charge in [-0.05, 0) is 43.6 Å². The summed E-state index contributed by atoms with van der Waals surface area (Å²) in [5.74, 6) is 0.789. The van der Waals surface area contributed by atoms with E-state index < -0.39 is 6.10 Å². The van der Waals surface area contributed by atoms with Gasteiger partial charge in [-0.3, -0.25) is 0 Å². The van der Waals surface area contributed by atoms with Crippen molar-refractivity contribution in [3.63, 3.8) is 0 Å². The average Bonchev–Trinajstić information content (AvgIpc) is 2.74. The van der Waals surface area contributed by atoms with E-state index in [1.54, 1.807) is 0 Å². The van der Waals surface area contributed by atoms with E-state index in [4.69, 9.17) is 10.5 Å². The van der Waals surface area contributed by atoms with Crippen molar-refractivity contribution >= 4 is 0 Å². The summed E-state index contributed by atoms with van der Waals surface area (Å²) in [6, 6.07) is 7.72. The molecule has 1 saturated heterocycles. The molecule has 112 valence electrons. The number of likely N-dealkylation sites (tertiary alicyclic amines) is 1. The van der Waals surface area contributed by atoms with Crippen LogP contribution in [0.3, 0.4) is 0 Å². The van der Waals surface area contributed by atoms with Gasteiger partial charge in [0.15, 0.2) is 0 Å². The fourth-order valence-electron chi connectivity index (χ4n) is 2.58. The summed E-state index contributed by atoms with van der Waals surface area (Å²) in [6.07, 6.45) is 4.69. The fourth-order valence-corrected chi connectivity index (χ4v) is 2.58. The third-order valence-corrected chi connectivity index (χ3v) is 3.77. The number of nitrogens with two attached hydrogens (primary N) is 1. The van der Waals surface area contributed by atoms with Crippen molar-refractivity contribution in [3.8, 4) is 5.75 Å². The maximum atomic E-state index is 10.1. The third-order valence-electron chi connectivity index (χ3n) is 3.77. The highest BCUT2D eigenvalue weighted by Gasteiger charge is 2.14. The van der Waals surface area contributed by atoms with Crippen LogP contribution in [0.4, 0.5) is 0 Å². The second-order valence-electron chi connectivity index (χ2n) is 5.53. The van der Waals surface area contributed by atoms with Crippen molar-refractivity contribution in [3.05, 3.63) is 29.8 Å². The monoisotopic (exact) mass is 278 g/mol. The minimum absolute atomic E-state index is 0.346. The number of β-amino-alcohol motifs (C(OH)–C–C–N with tert-alkyl or cyclic N) is 1. The van der Waals surface area contributed by atoms with Crippen LogP contribution in [0.15, 0.2) is 24.3 Å². The second-order valence-corrected chi connectivity index (χ2v) is 5.53. The van der Waals surface area contributed by atoms with Crippen LogP contribution in [0.1, 0.15) is 31.2 Å². The van der Waals surface area contributed by atoms with Crippen LogP contribution < -0.4 is 10.5 Å². The minimum atomic E-state index is -0.428. The number of nitrogens with zero attached hydrogens (tertiary/aromatic N) is 1. The fraction of sp³-hybridized carbons (Fsp3) is 0.625. The molecule has 0 spiro atoms. The number of hydrogen-bond donors (Lipinski definition) is 2. The zero-order valence-corrected chi connectivity index (χ0v) is 12.1. The molecule has 0 aromatic heterocycles. The van der Waals surface area contributed by atoms with Crippen LogP contribution in [0, 0.1) is 0 Å². The molecule has 0 saturated carbocycles. The van der Waals surface area contributed by atoms with Gasteiger partial charge in [0.2, 0.25) is 0 Å². The number of ether oxygens (including phenoxy) is 1. The summed E-state index contributed by atoms with van der Waals surface area (Å²) in [7, 11) is 0. The topological polar surface area (TPSA) is 58.7 Å². The summed E-state index contributed by atoms with van der Waals surface area (Å²) < 4.78 is 5.62. The lowest BCUT2D eigenvalue weighted by atomic mass is 10.2. The number of hydrogen-bond acceptors (Lipinski definition) is 4. The highest BCUT2D eigenvalue weighted by Crippen LogP contribution is 2.13.